The number of hydrogen-bond acceptors (Lipinski definition) is 2. The first-order chi connectivity index (χ1) is 8.06. The molecule has 1 aromatic heterocycles. The minimum absolute atomic E-state index is 0.763. The molecule has 0 spiro atoms. The van der Waals surface area contributed by atoms with Crippen molar-refractivity contribution in [2.24, 2.45) is 0 Å². The molecule has 0 saturated heterocycles. The molecule has 0 atom stereocenters. The number of rotatable bonds is 2. The number of imidazole rings is 1. The molecule has 0 aliphatic carbocycles. The first-order valence-corrected chi connectivity index (χ1v) is 5.95. The summed E-state index contributed by atoms with van der Waals surface area (Å²) in [6, 6.07) is 6.25. The Balaban J connectivity index is 2.65. The largest absolute Gasteiger partial charge is 0.383 e. The highest BCUT2D eigenvalue weighted by molar-refractivity contribution is 5.74. The van der Waals surface area contributed by atoms with Crippen LogP contribution in [0.4, 0.5) is 5.82 Å². The van der Waals surface area contributed by atoms with Gasteiger partial charge in [-0.2, -0.15) is 0 Å². The number of anilines is 1. The van der Waals surface area contributed by atoms with Crippen molar-refractivity contribution in [1.82, 2.24) is 9.55 Å². The summed E-state index contributed by atoms with van der Waals surface area (Å²) < 4.78 is 2.04. The number of aromatic nitrogens is 2. The standard InChI is InChI=1S/C14H19N3/c1-5-17-11(4)16-13(14(17)15)12-8-6-7-9(2)10(12)3/h6-8H,5,15H2,1-4H3. The molecular weight excluding hydrogens is 210 g/mol. The van der Waals surface area contributed by atoms with Crippen LogP contribution < -0.4 is 5.73 Å². The zero-order valence-electron chi connectivity index (χ0n) is 10.9. The summed E-state index contributed by atoms with van der Waals surface area (Å²) in [5, 5.41) is 0. The molecule has 0 aliphatic rings. The minimum atomic E-state index is 0.763. The maximum Gasteiger partial charge on any atom is 0.131 e. The predicted molar refractivity (Wildman–Crippen MR) is 72.0 cm³/mol. The Morgan fingerprint density at radius 3 is 2.53 bits per heavy atom. The molecule has 17 heavy (non-hydrogen) atoms. The molecule has 3 nitrogen and oxygen atoms in total. The van der Waals surface area contributed by atoms with Gasteiger partial charge in [0.2, 0.25) is 0 Å². The second-order valence-corrected chi connectivity index (χ2v) is 4.38. The molecule has 1 aromatic carbocycles. The fourth-order valence-corrected chi connectivity index (χ4v) is 2.19. The summed E-state index contributed by atoms with van der Waals surface area (Å²) in [5.41, 5.74) is 10.7. The van der Waals surface area contributed by atoms with E-state index in [0.717, 1.165) is 29.4 Å². The number of nitrogens with zero attached hydrogens (tertiary/aromatic N) is 2. The average Bonchev–Trinajstić information content (AvgIpc) is 2.58. The first kappa shape index (κ1) is 11.7. The van der Waals surface area contributed by atoms with Crippen molar-refractivity contribution in [3.8, 4) is 11.3 Å². The Morgan fingerprint density at radius 2 is 1.94 bits per heavy atom. The van der Waals surface area contributed by atoms with Gasteiger partial charge in [0.1, 0.15) is 17.3 Å². The van der Waals surface area contributed by atoms with Crippen molar-refractivity contribution in [2.75, 3.05) is 5.73 Å². The van der Waals surface area contributed by atoms with Gasteiger partial charge >= 0.3 is 0 Å². The van der Waals surface area contributed by atoms with E-state index in [0.29, 0.717) is 0 Å². The maximum absolute atomic E-state index is 6.17. The van der Waals surface area contributed by atoms with Crippen molar-refractivity contribution in [3.63, 3.8) is 0 Å². The monoisotopic (exact) mass is 229 g/mol. The summed E-state index contributed by atoms with van der Waals surface area (Å²) in [7, 11) is 0. The summed E-state index contributed by atoms with van der Waals surface area (Å²) in [6.07, 6.45) is 0. The van der Waals surface area contributed by atoms with E-state index >= 15 is 0 Å². The van der Waals surface area contributed by atoms with Crippen molar-refractivity contribution >= 4 is 5.82 Å². The number of nitrogens with two attached hydrogens (primary N) is 1. The van der Waals surface area contributed by atoms with Crippen molar-refractivity contribution in [2.45, 2.75) is 34.2 Å². The van der Waals surface area contributed by atoms with Gasteiger partial charge in [-0.3, -0.25) is 0 Å². The van der Waals surface area contributed by atoms with E-state index in [1.165, 1.54) is 11.1 Å². The number of hydrogen-bond donors (Lipinski definition) is 1. The minimum Gasteiger partial charge on any atom is -0.383 e. The lowest BCUT2D eigenvalue weighted by atomic mass is 10.0. The maximum atomic E-state index is 6.17. The van der Waals surface area contributed by atoms with Gasteiger partial charge in [0.05, 0.1) is 0 Å². The SMILES string of the molecule is CCn1c(C)nc(-c2cccc(C)c2C)c1N. The lowest BCUT2D eigenvalue weighted by Gasteiger charge is -2.07. The molecule has 0 bridgehead atoms. The second kappa shape index (κ2) is 4.24. The van der Waals surface area contributed by atoms with E-state index < -0.39 is 0 Å². The zero-order valence-corrected chi connectivity index (χ0v) is 10.9. The van der Waals surface area contributed by atoms with Crippen molar-refractivity contribution in [3.05, 3.63) is 35.2 Å². The van der Waals surface area contributed by atoms with Gasteiger partial charge in [-0.1, -0.05) is 18.2 Å². The number of nitrogen functional groups attached to an aromatic ring is 1. The van der Waals surface area contributed by atoms with E-state index in [9.17, 15) is 0 Å². The smallest absolute Gasteiger partial charge is 0.131 e. The van der Waals surface area contributed by atoms with Crippen LogP contribution in [-0.2, 0) is 6.54 Å². The number of benzene rings is 1. The molecule has 90 valence electrons. The van der Waals surface area contributed by atoms with E-state index in [4.69, 9.17) is 5.73 Å². The van der Waals surface area contributed by atoms with Crippen LogP contribution >= 0.6 is 0 Å². The summed E-state index contributed by atoms with van der Waals surface area (Å²) in [5.74, 6) is 1.74. The lowest BCUT2D eigenvalue weighted by molar-refractivity contribution is 0.739. The van der Waals surface area contributed by atoms with E-state index in [-0.39, 0.29) is 0 Å². The third-order valence-corrected chi connectivity index (χ3v) is 3.37. The lowest BCUT2D eigenvalue weighted by Crippen LogP contribution is -2.02. The molecule has 2 rings (SSSR count). The molecule has 0 amide bonds. The molecule has 0 unspecified atom stereocenters. The Labute approximate surface area is 102 Å². The van der Waals surface area contributed by atoms with Gasteiger partial charge < -0.3 is 10.3 Å². The third-order valence-electron chi connectivity index (χ3n) is 3.37. The highest BCUT2D eigenvalue weighted by Crippen LogP contribution is 2.30. The fourth-order valence-electron chi connectivity index (χ4n) is 2.19. The molecule has 0 radical (unpaired) electrons. The highest BCUT2D eigenvalue weighted by Gasteiger charge is 2.14. The topological polar surface area (TPSA) is 43.8 Å². The zero-order chi connectivity index (χ0) is 12.6. The molecule has 2 N–H and O–H groups in total. The molecule has 0 fully saturated rings. The van der Waals surface area contributed by atoms with Crippen LogP contribution in [0.2, 0.25) is 0 Å². The normalized spacial score (nSPS) is 10.8. The number of aryl methyl sites for hydroxylation is 2. The molecular formula is C14H19N3. The van der Waals surface area contributed by atoms with E-state index in [1.807, 2.05) is 11.5 Å². The van der Waals surface area contributed by atoms with E-state index in [2.05, 4.69) is 44.0 Å². The van der Waals surface area contributed by atoms with Crippen molar-refractivity contribution in [1.29, 1.82) is 0 Å². The van der Waals surface area contributed by atoms with Crippen LogP contribution in [0.25, 0.3) is 11.3 Å². The van der Waals surface area contributed by atoms with Gasteiger partial charge in [0.25, 0.3) is 0 Å². The molecule has 1 heterocycles. The fraction of sp³-hybridized carbons (Fsp3) is 0.357. The summed E-state index contributed by atoms with van der Waals surface area (Å²) in [6.45, 7) is 9.16. The van der Waals surface area contributed by atoms with Gasteiger partial charge in [-0.25, -0.2) is 4.98 Å². The molecule has 2 aromatic rings. The second-order valence-electron chi connectivity index (χ2n) is 4.38. The quantitative estimate of drug-likeness (QED) is 0.860. The van der Waals surface area contributed by atoms with Crippen LogP contribution in [0.15, 0.2) is 18.2 Å². The summed E-state index contributed by atoms with van der Waals surface area (Å²) in [4.78, 5) is 4.59. The Kier molecular flexibility index (Phi) is 2.92. The van der Waals surface area contributed by atoms with Gasteiger partial charge in [-0.05, 0) is 38.8 Å². The molecule has 0 saturated carbocycles. The van der Waals surface area contributed by atoms with Crippen LogP contribution in [0.5, 0.6) is 0 Å². The first-order valence-electron chi connectivity index (χ1n) is 5.95. The third kappa shape index (κ3) is 1.82. The van der Waals surface area contributed by atoms with Gasteiger partial charge in [0, 0.05) is 12.1 Å². The Bertz CT molecular complexity index is 553. The summed E-state index contributed by atoms with van der Waals surface area (Å²) >= 11 is 0. The van der Waals surface area contributed by atoms with Crippen LogP contribution in [0.1, 0.15) is 23.9 Å². The Hall–Kier alpha value is -1.77. The average molecular weight is 229 g/mol. The highest BCUT2D eigenvalue weighted by atomic mass is 15.1. The van der Waals surface area contributed by atoms with E-state index in [1.54, 1.807) is 0 Å². The molecule has 0 aliphatic heterocycles. The molecule has 3 heteroatoms. The van der Waals surface area contributed by atoms with Crippen LogP contribution in [0.3, 0.4) is 0 Å². The Morgan fingerprint density at radius 1 is 1.24 bits per heavy atom. The van der Waals surface area contributed by atoms with Crippen LogP contribution in [0, 0.1) is 20.8 Å². The van der Waals surface area contributed by atoms with Crippen LogP contribution in [-0.4, -0.2) is 9.55 Å². The predicted octanol–water partition coefficient (Wildman–Crippen LogP) is 3.08. The van der Waals surface area contributed by atoms with Crippen molar-refractivity contribution < 1.29 is 0 Å². The van der Waals surface area contributed by atoms with Gasteiger partial charge in [-0.15, -0.1) is 0 Å². The van der Waals surface area contributed by atoms with Gasteiger partial charge in [0.15, 0.2) is 0 Å².